The van der Waals surface area contributed by atoms with Crippen LogP contribution < -0.4 is 21.7 Å². The van der Waals surface area contributed by atoms with Crippen LogP contribution in [0.4, 0.5) is 0 Å². The first-order valence-electron chi connectivity index (χ1n) is 16.7. The molecular weight excluding hydrogens is 552 g/mol. The maximum atomic E-state index is 13.3. The van der Waals surface area contributed by atoms with Crippen LogP contribution in [0.5, 0.6) is 0 Å². The van der Waals surface area contributed by atoms with Crippen LogP contribution in [0.25, 0.3) is 0 Å². The molecule has 0 aromatic rings. The zero-order valence-electron chi connectivity index (χ0n) is 26.3. The maximum absolute atomic E-state index is 13.3. The number of hydrogen-bond donors (Lipinski definition) is 5. The van der Waals surface area contributed by atoms with Crippen molar-refractivity contribution in [3.63, 3.8) is 0 Å². The smallest absolute Gasteiger partial charge is 0.356 e. The van der Waals surface area contributed by atoms with Gasteiger partial charge in [0.05, 0.1) is 6.10 Å². The minimum atomic E-state index is -4.43. The predicted molar refractivity (Wildman–Crippen MR) is 167 cm³/mol. The van der Waals surface area contributed by atoms with E-state index in [1.165, 1.54) is 12.0 Å². The average molecular weight is 611 g/mol. The molecule has 3 fully saturated rings. The topological polar surface area (TPSA) is 143 Å². The summed E-state index contributed by atoms with van der Waals surface area (Å²) in [6.45, 7) is 12.5. The molecule has 9 nitrogen and oxygen atoms in total. The molecule has 4 rings (SSSR count). The van der Waals surface area contributed by atoms with Gasteiger partial charge >= 0.3 is 10.4 Å². The van der Waals surface area contributed by atoms with E-state index in [0.29, 0.717) is 36.5 Å². The molecule has 0 aliphatic heterocycles. The molecule has 42 heavy (non-hydrogen) atoms. The van der Waals surface area contributed by atoms with E-state index in [9.17, 15) is 17.8 Å². The molecule has 1 amide bonds. The normalized spacial score (nSPS) is 35.1. The molecule has 0 aromatic carbocycles. The Labute approximate surface area is 254 Å². The summed E-state index contributed by atoms with van der Waals surface area (Å²) in [6, 6.07) is 0. The van der Waals surface area contributed by atoms with E-state index in [1.807, 2.05) is 0 Å². The van der Waals surface area contributed by atoms with Crippen molar-refractivity contribution in [2.45, 2.75) is 104 Å². The van der Waals surface area contributed by atoms with Gasteiger partial charge in [0.2, 0.25) is 5.91 Å². The van der Waals surface area contributed by atoms with Gasteiger partial charge in [0.15, 0.2) is 0 Å². The molecule has 10 heteroatoms. The van der Waals surface area contributed by atoms with Crippen molar-refractivity contribution in [1.29, 1.82) is 0 Å². The van der Waals surface area contributed by atoms with Crippen molar-refractivity contribution in [3.8, 4) is 0 Å². The fourth-order valence-electron chi connectivity index (χ4n) is 9.49. The van der Waals surface area contributed by atoms with Gasteiger partial charge in [-0.1, -0.05) is 32.4 Å². The lowest BCUT2D eigenvalue weighted by molar-refractivity contribution is -0.129. The van der Waals surface area contributed by atoms with E-state index < -0.39 is 16.5 Å². The van der Waals surface area contributed by atoms with Gasteiger partial charge in [0.25, 0.3) is 0 Å². The van der Waals surface area contributed by atoms with Crippen molar-refractivity contribution in [1.82, 2.24) is 16.0 Å². The van der Waals surface area contributed by atoms with Crippen LogP contribution in [0, 0.1) is 40.4 Å². The summed E-state index contributed by atoms with van der Waals surface area (Å²) >= 11 is 0. The Balaban J connectivity index is 1.22. The number of amides is 1. The SMILES string of the molecule is C[C@H](C(=O)NCCCNCCCCNCCCN)[C@H]1CC[C@H]2[C@@H]3CC=C4C[C@@H](OS(=O)(=O)O)CC[C@]4(C)[C@H]3CC[C@]12C. The first-order valence-corrected chi connectivity index (χ1v) is 18.1. The van der Waals surface area contributed by atoms with Gasteiger partial charge in [-0.05, 0) is 144 Å². The number of rotatable bonds is 16. The Bertz CT molecular complexity index is 1040. The van der Waals surface area contributed by atoms with Crippen molar-refractivity contribution in [2.24, 2.45) is 46.2 Å². The third kappa shape index (κ3) is 7.96. The number of carbonyl (C=O) groups excluding carboxylic acids is 1. The highest BCUT2D eigenvalue weighted by atomic mass is 32.3. The Morgan fingerprint density at radius 3 is 2.38 bits per heavy atom. The van der Waals surface area contributed by atoms with E-state index in [0.717, 1.165) is 97.1 Å². The number of allylic oxidation sites excluding steroid dienone is 1. The molecule has 0 aromatic heterocycles. The summed E-state index contributed by atoms with van der Waals surface area (Å²) in [6.07, 6.45) is 14.0. The summed E-state index contributed by atoms with van der Waals surface area (Å²) in [5, 5.41) is 10.2. The first-order chi connectivity index (χ1) is 20.0. The minimum absolute atomic E-state index is 0.0228. The lowest BCUT2D eigenvalue weighted by Crippen LogP contribution is -2.51. The van der Waals surface area contributed by atoms with Gasteiger partial charge in [-0.2, -0.15) is 8.42 Å². The van der Waals surface area contributed by atoms with Crippen molar-refractivity contribution in [2.75, 3.05) is 39.3 Å². The highest BCUT2D eigenvalue weighted by Crippen LogP contribution is 2.67. The molecule has 242 valence electrons. The van der Waals surface area contributed by atoms with Gasteiger partial charge in [-0.25, -0.2) is 4.18 Å². The summed E-state index contributed by atoms with van der Waals surface area (Å²) in [4.78, 5) is 13.3. The van der Waals surface area contributed by atoms with Gasteiger partial charge in [-0.15, -0.1) is 0 Å². The van der Waals surface area contributed by atoms with Crippen molar-refractivity contribution < 1.29 is 21.9 Å². The number of unbranched alkanes of at least 4 members (excludes halogenated alkanes) is 1. The predicted octanol–water partition coefficient (Wildman–Crippen LogP) is 4.20. The third-order valence-corrected chi connectivity index (χ3v) is 12.3. The molecule has 0 heterocycles. The molecular formula is C32H58N4O5S. The van der Waals surface area contributed by atoms with E-state index >= 15 is 0 Å². The lowest BCUT2D eigenvalue weighted by Gasteiger charge is -2.58. The first kappa shape index (κ1) is 33.8. The second-order valence-electron chi connectivity index (χ2n) is 14.2. The molecule has 0 saturated heterocycles. The van der Waals surface area contributed by atoms with Crippen LogP contribution in [0.3, 0.4) is 0 Å². The lowest BCUT2D eigenvalue weighted by atomic mass is 9.47. The number of carbonyl (C=O) groups is 1. The quantitative estimate of drug-likeness (QED) is 0.0994. The molecule has 0 unspecified atom stereocenters. The van der Waals surface area contributed by atoms with Crippen LogP contribution in [-0.2, 0) is 19.4 Å². The molecule has 0 radical (unpaired) electrons. The molecule has 8 atom stereocenters. The Kier molecular flexibility index (Phi) is 11.9. The molecule has 0 spiro atoms. The molecule has 3 saturated carbocycles. The monoisotopic (exact) mass is 610 g/mol. The van der Waals surface area contributed by atoms with Crippen LogP contribution in [0.15, 0.2) is 11.6 Å². The Morgan fingerprint density at radius 2 is 1.69 bits per heavy atom. The zero-order chi connectivity index (χ0) is 30.4. The number of nitrogens with one attached hydrogen (secondary N) is 3. The summed E-state index contributed by atoms with van der Waals surface area (Å²) in [5.74, 6) is 2.47. The fraction of sp³-hybridized carbons (Fsp3) is 0.906. The highest BCUT2D eigenvalue weighted by molar-refractivity contribution is 7.80. The molecule has 4 aliphatic carbocycles. The van der Waals surface area contributed by atoms with Crippen molar-refractivity contribution >= 4 is 16.3 Å². The van der Waals surface area contributed by atoms with E-state index in [4.69, 9.17) is 9.92 Å². The average Bonchev–Trinajstić information content (AvgIpc) is 3.29. The van der Waals surface area contributed by atoms with Crippen LogP contribution in [0.1, 0.15) is 97.8 Å². The van der Waals surface area contributed by atoms with Crippen LogP contribution >= 0.6 is 0 Å². The summed E-state index contributed by atoms with van der Waals surface area (Å²) in [7, 11) is -4.43. The molecule has 6 N–H and O–H groups in total. The number of hydrogen-bond acceptors (Lipinski definition) is 7. The number of fused-ring (bicyclic) bond motifs is 5. The van der Waals surface area contributed by atoms with Crippen molar-refractivity contribution in [3.05, 3.63) is 11.6 Å². The summed E-state index contributed by atoms with van der Waals surface area (Å²) in [5.41, 5.74) is 7.08. The van der Waals surface area contributed by atoms with Gasteiger partial charge < -0.3 is 21.7 Å². The Morgan fingerprint density at radius 1 is 1.00 bits per heavy atom. The largest absolute Gasteiger partial charge is 0.397 e. The number of nitrogens with two attached hydrogens (primary N) is 1. The van der Waals surface area contributed by atoms with Crippen LogP contribution in [-0.4, -0.2) is 64.3 Å². The standard InChI is InChI=1S/C32H58N4O5S/c1-23(30(37)36-21-7-20-35-18-5-4-17-34-19-6-16-33)27-10-11-28-26-9-8-24-22-25(41-42(38,39)40)12-14-31(24,2)29(26)13-15-32(27,28)3/h8,23,25-29,34-35H,4-7,9-22,33H2,1-3H3,(H,36,37)(H,38,39,40)/t23-,25-,26-,27+,28-,29-,31-,32+/m0/s1. The Hall–Kier alpha value is -1.04. The van der Waals surface area contributed by atoms with Gasteiger partial charge in [0.1, 0.15) is 0 Å². The summed E-state index contributed by atoms with van der Waals surface area (Å²) < 4.78 is 36.8. The second-order valence-corrected chi connectivity index (χ2v) is 15.2. The van der Waals surface area contributed by atoms with E-state index in [-0.39, 0.29) is 22.7 Å². The highest BCUT2D eigenvalue weighted by Gasteiger charge is 2.59. The van der Waals surface area contributed by atoms with Crippen LogP contribution in [0.2, 0.25) is 0 Å². The fourth-order valence-corrected chi connectivity index (χ4v) is 10.00. The zero-order valence-corrected chi connectivity index (χ0v) is 27.2. The van der Waals surface area contributed by atoms with E-state index in [2.05, 4.69) is 42.8 Å². The maximum Gasteiger partial charge on any atom is 0.397 e. The van der Waals surface area contributed by atoms with Gasteiger partial charge in [0, 0.05) is 12.5 Å². The third-order valence-electron chi connectivity index (χ3n) is 11.8. The van der Waals surface area contributed by atoms with Gasteiger partial charge in [-0.3, -0.25) is 9.35 Å². The van der Waals surface area contributed by atoms with E-state index in [1.54, 1.807) is 0 Å². The molecule has 4 aliphatic rings. The minimum Gasteiger partial charge on any atom is -0.356 e. The molecule has 0 bridgehead atoms. The second kappa shape index (κ2) is 14.8.